The molecule has 132 heavy (non-hydrogen) atoms. The molecule has 0 amide bonds. The molecule has 0 saturated carbocycles. The Hall–Kier alpha value is -4.55. The maximum absolute atomic E-state index is 8.10. The van der Waals surface area contributed by atoms with E-state index in [4.69, 9.17) is 148 Å². The summed E-state index contributed by atoms with van der Waals surface area (Å²) in [6.45, 7) is 45.1. The van der Waals surface area contributed by atoms with Crippen LogP contribution in [0.25, 0.3) is 0 Å². The molecule has 0 spiro atoms. The summed E-state index contributed by atoms with van der Waals surface area (Å²) >= 11 is 0. The lowest BCUT2D eigenvalue weighted by atomic mass is 10.4. The van der Waals surface area contributed by atoms with E-state index in [9.17, 15) is 0 Å². The minimum atomic E-state index is -4.73. The molecule has 0 aliphatic carbocycles. The van der Waals surface area contributed by atoms with E-state index in [1.807, 2.05) is 243 Å². The second-order valence-corrected chi connectivity index (χ2v) is 102. The van der Waals surface area contributed by atoms with Crippen LogP contribution < -0.4 is 41.5 Å². The van der Waals surface area contributed by atoms with Crippen LogP contribution in [0, 0.1) is 0 Å². The molecule has 0 atom stereocenters. The van der Waals surface area contributed by atoms with E-state index >= 15 is 0 Å². The minimum Gasteiger partial charge on any atom is -0.374 e. The summed E-state index contributed by atoms with van der Waals surface area (Å²) in [5.41, 5.74) is 10.9. The number of hydrogen-bond donors (Lipinski definition) is 0. The highest BCUT2D eigenvalue weighted by molar-refractivity contribution is 7.16. The minimum absolute atomic E-state index is 0.571. The van der Waals surface area contributed by atoms with Crippen LogP contribution in [-0.2, 0) is 148 Å². The van der Waals surface area contributed by atoms with Gasteiger partial charge in [0.25, 0.3) is 0 Å². The van der Waals surface area contributed by atoms with Gasteiger partial charge in [-0.1, -0.05) is 243 Å². The molecule has 18 fully saturated rings. The first-order valence-corrected chi connectivity index (χ1v) is 87.6. The highest BCUT2D eigenvalue weighted by atomic mass is 28.7. The van der Waals surface area contributed by atoms with Gasteiger partial charge in [-0.3, -0.25) is 0 Å². The van der Waals surface area contributed by atoms with Gasteiger partial charge in [0.05, 0.1) is 0 Å². The first-order chi connectivity index (χ1) is 62.8. The van der Waals surface area contributed by atoms with Crippen molar-refractivity contribution in [3.63, 3.8) is 0 Å². The summed E-state index contributed by atoms with van der Waals surface area (Å²) in [6.07, 6.45) is 0. The maximum atomic E-state index is 8.10. The Morgan fingerprint density at radius 1 is 0.129 bits per heavy atom. The molecule has 0 aromatic heterocycles. The highest BCUT2D eigenvalue weighted by Crippen LogP contribution is 2.55. The monoisotopic (exact) mass is 2200 g/mol. The van der Waals surface area contributed by atoms with Gasteiger partial charge in [-0.25, -0.2) is 0 Å². The molecule has 36 nitrogen and oxygen atoms in total. The molecule has 60 heteroatoms. The zero-order valence-corrected chi connectivity index (χ0v) is 96.1. The van der Waals surface area contributed by atoms with Crippen molar-refractivity contribution in [1.82, 2.24) is 0 Å². The molecule has 18 heterocycles. The zero-order chi connectivity index (χ0) is 92.0. The Bertz CT molecular complexity index is 4630. The molecule has 24 bridgehead atoms. The Balaban J connectivity index is 0.000000136. The van der Waals surface area contributed by atoms with Gasteiger partial charge in [0.1, 0.15) is 0 Å². The third-order valence-electron chi connectivity index (χ3n) is 22.1. The third-order valence-corrected chi connectivity index (χ3v) is 123. The van der Waals surface area contributed by atoms with Crippen LogP contribution in [0.4, 0.5) is 0 Å². The standard InChI is InChI=1S/C48H40O12Si8.C16H24O12Si8.C8H24O12Si8/c1-9-25-41(26-10-1)61-49-62(42-27-11-2-12-28-42)52-65(45-33-17-5-18-34-45)54-63(50-61,43-29-13-3-14-30-43)56-67(47-37-21-7-22-38-47)57-64(51-61,44-31-15-4-16-32-44)55-66(53-62,46-35-19-6-20-36-46)59-68(58-65,60-67)48-39-23-8-24-40-48;1-9-29-17-30(10-2)20-33(13-5)22-31(11-3,18-29)24-35(15-7)25-32(12-4,19-29)23-34(14-6,21-30)27-36(16-8,26-33)28-35;1-21-9-22(2)12-25(5)14-23(3,10-21)16-27(7)17-24(4,11-21)15-26(6,13-22)19-28(8,18-25)20-27/h1-40H;9-16H,1-8H2;1-8H3. The first-order valence-electron chi connectivity index (χ1n) is 41.6. The third kappa shape index (κ3) is 16.1. The molecule has 0 radical (unpaired) electrons. The zero-order valence-electron chi connectivity index (χ0n) is 72.1. The van der Waals surface area contributed by atoms with Crippen molar-refractivity contribution in [1.29, 1.82) is 0 Å². The van der Waals surface area contributed by atoms with Crippen LogP contribution in [0.5, 0.6) is 0 Å². The van der Waals surface area contributed by atoms with Crippen molar-refractivity contribution in [3.8, 4) is 0 Å². The molecule has 0 N–H and O–H groups in total. The lowest BCUT2D eigenvalue weighted by Crippen LogP contribution is -2.96. The maximum Gasteiger partial charge on any atom is 0.515 e. The van der Waals surface area contributed by atoms with Gasteiger partial charge in [0.2, 0.25) is 0 Å². The Labute approximate surface area is 787 Å². The lowest BCUT2D eigenvalue weighted by Gasteiger charge is -2.62. The Morgan fingerprint density at radius 2 is 0.212 bits per heavy atom. The van der Waals surface area contributed by atoms with Crippen LogP contribution in [0.3, 0.4) is 0 Å². The SMILES string of the molecule is C=C[Si]12O[Si]3(C=C)O[Si]4(C=C)O[Si](C=C)(O1)O[Si]1(C=C)O[Si](C=C)(O2)O[Si](C=C)(O3)O[Si](C=C)(O4)O1.C[Si]12O[Si]3(C)O[Si]4(C)O[Si](C)(O1)O[Si]1(C)O[Si](C)(O2)O[Si](C)(O3)O[Si](C)(O4)O1.c1ccc([Si]23O[Si]4(c5ccccc5)O[Si]5(c6ccccc6)O[Si](c6ccccc6)(O2)O[Si]2(c6ccccc6)O[Si](c6ccccc6)(O3)O[Si](c3ccccc3)(O4)O[Si](c3ccccc3)(O5)O2)cc1. The van der Waals surface area contributed by atoms with Crippen molar-refractivity contribution in [2.24, 2.45) is 0 Å². The van der Waals surface area contributed by atoms with Gasteiger partial charge in [0.15, 0.2) is 0 Å². The van der Waals surface area contributed by atoms with Gasteiger partial charge in [-0.05, 0) is 45.6 Å². The molecule has 8 aromatic carbocycles. The molecule has 8 aromatic rings. The lowest BCUT2D eigenvalue weighted by molar-refractivity contribution is -0.0202. The van der Waals surface area contributed by atoms with Crippen LogP contribution in [0.2, 0.25) is 52.4 Å². The predicted molar refractivity (Wildman–Crippen MR) is 514 cm³/mol. The van der Waals surface area contributed by atoms with Crippen LogP contribution in [0.1, 0.15) is 0 Å². The van der Waals surface area contributed by atoms with E-state index in [1.165, 1.54) is 45.6 Å². The molecule has 688 valence electrons. The summed E-state index contributed by atoms with van der Waals surface area (Å²) < 4.78 is 252. The average Bonchev–Trinajstić information content (AvgIpc) is 0.647. The van der Waals surface area contributed by atoms with E-state index < -0.39 is 211 Å². The van der Waals surface area contributed by atoms with Crippen LogP contribution >= 0.6 is 0 Å². The van der Waals surface area contributed by atoms with Crippen molar-refractivity contribution < 1.29 is 148 Å². The summed E-state index contributed by atoms with van der Waals surface area (Å²) in [7, 11) is -97.8. The molecular formula is C72H88O36Si24. The number of benzene rings is 8. The smallest absolute Gasteiger partial charge is 0.374 e. The van der Waals surface area contributed by atoms with E-state index in [-0.39, 0.29) is 0 Å². The second kappa shape index (κ2) is 32.5. The number of hydrogen-bond acceptors (Lipinski definition) is 36. The summed E-state index contributed by atoms with van der Waals surface area (Å²) in [5.74, 6) is 0. The first kappa shape index (κ1) is 93.7. The topological polar surface area (TPSA) is 332 Å². The van der Waals surface area contributed by atoms with E-state index in [0.29, 0.717) is 41.5 Å². The van der Waals surface area contributed by atoms with E-state index in [2.05, 4.69) is 52.6 Å². The van der Waals surface area contributed by atoms with Crippen LogP contribution in [0.15, 0.2) is 341 Å². The fourth-order valence-corrected chi connectivity index (χ4v) is 149. The number of rotatable bonds is 16. The van der Waals surface area contributed by atoms with Gasteiger partial charge in [0, 0.05) is 93.9 Å². The second-order valence-electron chi connectivity index (χ2n) is 32.4. The van der Waals surface area contributed by atoms with Gasteiger partial charge >= 0.3 is 211 Å². The van der Waals surface area contributed by atoms with Crippen molar-refractivity contribution in [2.45, 2.75) is 52.4 Å². The quantitative estimate of drug-likeness (QED) is 0.109. The van der Waals surface area contributed by atoms with Gasteiger partial charge < -0.3 is 148 Å². The molecule has 18 aliphatic rings. The van der Waals surface area contributed by atoms with Gasteiger partial charge in [-0.15, -0.1) is 52.6 Å². The average molecular weight is 2200 g/mol. The fourth-order valence-electron chi connectivity index (χ4n) is 17.6. The van der Waals surface area contributed by atoms with E-state index in [1.54, 1.807) is 52.4 Å². The van der Waals surface area contributed by atoms with E-state index in [0.717, 1.165) is 0 Å². The Morgan fingerprint density at radius 3 is 0.288 bits per heavy atom. The molecule has 26 rings (SSSR count). The molecule has 0 unspecified atom stereocenters. The predicted octanol–water partition coefficient (Wildman–Crippen LogP) is 5.39. The molecular weight excluding hydrogens is 2110 g/mol. The summed E-state index contributed by atoms with van der Waals surface area (Å²) in [6, 6.07) is 76.9. The Kier molecular flexibility index (Phi) is 23.1. The van der Waals surface area contributed by atoms with Gasteiger partial charge in [-0.2, -0.15) is 0 Å². The summed E-state index contributed by atoms with van der Waals surface area (Å²) in [5, 5.41) is 4.57. The fraction of sp³-hybridized carbons (Fsp3) is 0.111. The van der Waals surface area contributed by atoms with Crippen molar-refractivity contribution in [2.75, 3.05) is 0 Å². The van der Waals surface area contributed by atoms with Crippen molar-refractivity contribution >= 4 is 253 Å². The normalized spacial score (nSPS) is 45.8. The molecule has 18 saturated heterocycles. The molecule has 18 aliphatic heterocycles. The summed E-state index contributed by atoms with van der Waals surface area (Å²) in [4.78, 5) is 0. The highest BCUT2D eigenvalue weighted by Gasteiger charge is 2.89. The largest absolute Gasteiger partial charge is 0.515 e. The van der Waals surface area contributed by atoms with Crippen LogP contribution in [-0.4, -0.2) is 211 Å². The van der Waals surface area contributed by atoms with Crippen molar-refractivity contribution in [3.05, 3.63) is 341 Å².